The van der Waals surface area contributed by atoms with Gasteiger partial charge in [0.25, 0.3) is 0 Å². The van der Waals surface area contributed by atoms with Crippen LogP contribution in [0.25, 0.3) is 43.7 Å². The Hall–Kier alpha value is -2.91. The van der Waals surface area contributed by atoms with Crippen LogP contribution in [0.5, 0.6) is 5.75 Å². The lowest BCUT2D eigenvalue weighted by molar-refractivity contribution is 0.480. The van der Waals surface area contributed by atoms with Gasteiger partial charge in [0.1, 0.15) is 11.3 Å². The lowest BCUT2D eigenvalue weighted by Gasteiger charge is -2.13. The Morgan fingerprint density at radius 2 is 1.46 bits per heavy atom. The Kier molecular flexibility index (Phi) is 3.44. The molecule has 1 N–H and O–H groups in total. The summed E-state index contributed by atoms with van der Waals surface area (Å²) in [5.74, 6) is 0.204. The average molecular weight is 400 g/mol. The third-order valence-electron chi connectivity index (χ3n) is 4.81. The molecule has 5 aromatic rings. The first-order valence-corrected chi connectivity index (χ1v) is 9.21. The van der Waals surface area contributed by atoms with Gasteiger partial charge in [0.05, 0.1) is 5.69 Å². The summed E-state index contributed by atoms with van der Waals surface area (Å²) in [5.41, 5.74) is 2.54. The number of nitrogens with zero attached hydrogens (tertiary/aromatic N) is 1. The molecule has 0 aliphatic carbocycles. The molecule has 26 heavy (non-hydrogen) atoms. The van der Waals surface area contributed by atoms with Crippen LogP contribution in [0.2, 0.25) is 0 Å². The number of hydrogen-bond donors (Lipinski definition) is 1. The fourth-order valence-electron chi connectivity index (χ4n) is 3.61. The zero-order chi connectivity index (χ0) is 17.7. The van der Waals surface area contributed by atoms with E-state index in [-0.39, 0.29) is 5.75 Å². The summed E-state index contributed by atoms with van der Waals surface area (Å²) in [5, 5.41) is 16.0. The van der Waals surface area contributed by atoms with E-state index in [2.05, 4.69) is 46.3 Å². The number of phenols is 1. The largest absolute Gasteiger partial charge is 0.506 e. The summed E-state index contributed by atoms with van der Waals surface area (Å²) in [7, 11) is 0. The number of pyridine rings is 1. The molecule has 0 aliphatic rings. The van der Waals surface area contributed by atoms with Crippen LogP contribution in [-0.2, 0) is 0 Å². The maximum absolute atomic E-state index is 10.4. The van der Waals surface area contributed by atoms with Crippen LogP contribution in [0.15, 0.2) is 83.3 Å². The van der Waals surface area contributed by atoms with Crippen LogP contribution in [0.1, 0.15) is 0 Å². The smallest absolute Gasteiger partial charge is 0.141 e. The van der Waals surface area contributed by atoms with Crippen molar-refractivity contribution in [1.29, 1.82) is 0 Å². The minimum absolute atomic E-state index is 0.204. The third-order valence-corrected chi connectivity index (χ3v) is 5.34. The van der Waals surface area contributed by atoms with Crippen molar-refractivity contribution in [3.63, 3.8) is 0 Å². The first-order valence-electron chi connectivity index (χ1n) is 8.41. The Labute approximate surface area is 158 Å². The monoisotopic (exact) mass is 399 g/mol. The number of para-hydroxylation sites is 1. The second-order valence-electron chi connectivity index (χ2n) is 6.35. The molecule has 4 aromatic carbocycles. The van der Waals surface area contributed by atoms with Crippen molar-refractivity contribution >= 4 is 48.4 Å². The minimum Gasteiger partial charge on any atom is -0.506 e. The molecule has 3 heteroatoms. The Bertz CT molecular complexity index is 1290. The van der Waals surface area contributed by atoms with E-state index in [1.165, 1.54) is 10.8 Å². The quantitative estimate of drug-likeness (QED) is 0.319. The van der Waals surface area contributed by atoms with Crippen molar-refractivity contribution in [3.8, 4) is 17.0 Å². The van der Waals surface area contributed by atoms with Crippen LogP contribution in [0.3, 0.4) is 0 Å². The van der Waals surface area contributed by atoms with Crippen molar-refractivity contribution in [2.45, 2.75) is 0 Å². The molecule has 0 radical (unpaired) electrons. The molecule has 0 bridgehead atoms. The Balaban J connectivity index is 2.03. The molecule has 1 heterocycles. The molecular formula is C23H14BrNO. The fourth-order valence-corrected chi connectivity index (χ4v) is 3.87. The first kappa shape index (κ1) is 15.4. The fraction of sp³-hybridized carbons (Fsp3) is 0. The van der Waals surface area contributed by atoms with Gasteiger partial charge in [-0.3, -0.25) is 0 Å². The maximum Gasteiger partial charge on any atom is 0.141 e. The van der Waals surface area contributed by atoms with Gasteiger partial charge in [-0.2, -0.15) is 0 Å². The predicted octanol–water partition coefficient (Wildman–Crippen LogP) is 6.68. The summed E-state index contributed by atoms with van der Waals surface area (Å²) >= 11 is 3.49. The number of phenolic OH excluding ortho intramolecular Hbond substituents is 1. The van der Waals surface area contributed by atoms with E-state index in [0.29, 0.717) is 5.52 Å². The number of hydrogen-bond acceptors (Lipinski definition) is 2. The lowest BCUT2D eigenvalue weighted by atomic mass is 9.95. The van der Waals surface area contributed by atoms with Gasteiger partial charge in [-0.15, -0.1) is 0 Å². The standard InChI is InChI=1S/C23H14BrNO/c24-16-11-8-15(9-12-16)22-19-13-10-14-4-1-2-5-17(14)21(19)18-6-3-7-20(26)23(18)25-22/h1-13,26H. The predicted molar refractivity (Wildman–Crippen MR) is 112 cm³/mol. The van der Waals surface area contributed by atoms with Gasteiger partial charge in [0.2, 0.25) is 0 Å². The molecule has 5 rings (SSSR count). The molecule has 124 valence electrons. The minimum atomic E-state index is 0.204. The summed E-state index contributed by atoms with van der Waals surface area (Å²) in [6.45, 7) is 0. The highest BCUT2D eigenvalue weighted by Gasteiger charge is 2.14. The number of fused-ring (bicyclic) bond motifs is 5. The molecule has 0 unspecified atom stereocenters. The highest BCUT2D eigenvalue weighted by molar-refractivity contribution is 9.10. The average Bonchev–Trinajstić information content (AvgIpc) is 2.68. The van der Waals surface area contributed by atoms with Crippen LogP contribution in [0.4, 0.5) is 0 Å². The van der Waals surface area contributed by atoms with E-state index in [0.717, 1.165) is 31.9 Å². The molecule has 0 aliphatic heterocycles. The topological polar surface area (TPSA) is 33.1 Å². The maximum atomic E-state index is 10.4. The normalized spacial score (nSPS) is 11.4. The van der Waals surface area contributed by atoms with E-state index >= 15 is 0 Å². The van der Waals surface area contributed by atoms with E-state index in [4.69, 9.17) is 4.98 Å². The van der Waals surface area contributed by atoms with Gasteiger partial charge in [-0.05, 0) is 29.0 Å². The van der Waals surface area contributed by atoms with Crippen LogP contribution < -0.4 is 0 Å². The molecule has 2 nitrogen and oxygen atoms in total. The number of aromatic hydroxyl groups is 1. The zero-order valence-electron chi connectivity index (χ0n) is 13.8. The molecule has 0 saturated carbocycles. The van der Waals surface area contributed by atoms with Crippen molar-refractivity contribution in [3.05, 3.63) is 83.3 Å². The summed E-state index contributed by atoms with van der Waals surface area (Å²) in [6.07, 6.45) is 0. The first-order chi connectivity index (χ1) is 12.7. The second-order valence-corrected chi connectivity index (χ2v) is 7.27. The van der Waals surface area contributed by atoms with Crippen molar-refractivity contribution in [2.75, 3.05) is 0 Å². The number of aromatic nitrogens is 1. The molecule has 0 amide bonds. The van der Waals surface area contributed by atoms with E-state index in [1.54, 1.807) is 6.07 Å². The van der Waals surface area contributed by atoms with E-state index in [1.807, 2.05) is 42.5 Å². The van der Waals surface area contributed by atoms with Crippen molar-refractivity contribution in [2.24, 2.45) is 0 Å². The Morgan fingerprint density at radius 3 is 2.31 bits per heavy atom. The second kappa shape index (κ2) is 5.82. The number of rotatable bonds is 1. The SMILES string of the molecule is Oc1cccc2c1nc(-c1ccc(Br)cc1)c1ccc3ccccc3c12. The highest BCUT2D eigenvalue weighted by Crippen LogP contribution is 2.39. The summed E-state index contributed by atoms with van der Waals surface area (Å²) in [4.78, 5) is 4.84. The van der Waals surface area contributed by atoms with Crippen LogP contribution in [-0.4, -0.2) is 10.1 Å². The molecule has 0 atom stereocenters. The summed E-state index contributed by atoms with van der Waals surface area (Å²) < 4.78 is 1.03. The third kappa shape index (κ3) is 2.28. The van der Waals surface area contributed by atoms with Crippen molar-refractivity contribution < 1.29 is 5.11 Å². The van der Waals surface area contributed by atoms with Gasteiger partial charge in [-0.25, -0.2) is 4.98 Å². The van der Waals surface area contributed by atoms with Gasteiger partial charge in [0.15, 0.2) is 0 Å². The van der Waals surface area contributed by atoms with E-state index < -0.39 is 0 Å². The van der Waals surface area contributed by atoms with Crippen molar-refractivity contribution in [1.82, 2.24) is 4.98 Å². The van der Waals surface area contributed by atoms with Gasteiger partial charge in [-0.1, -0.05) is 76.6 Å². The van der Waals surface area contributed by atoms with Crippen LogP contribution in [0, 0.1) is 0 Å². The number of halogens is 1. The molecule has 1 aromatic heterocycles. The zero-order valence-corrected chi connectivity index (χ0v) is 15.4. The molecular weight excluding hydrogens is 386 g/mol. The van der Waals surface area contributed by atoms with E-state index in [9.17, 15) is 5.11 Å². The van der Waals surface area contributed by atoms with Gasteiger partial charge < -0.3 is 5.11 Å². The van der Waals surface area contributed by atoms with Gasteiger partial charge >= 0.3 is 0 Å². The highest BCUT2D eigenvalue weighted by atomic mass is 79.9. The Morgan fingerprint density at radius 1 is 0.692 bits per heavy atom. The molecule has 0 spiro atoms. The molecule has 0 fully saturated rings. The summed E-state index contributed by atoms with van der Waals surface area (Å²) in [6, 6.07) is 26.3. The van der Waals surface area contributed by atoms with Crippen LogP contribution >= 0.6 is 15.9 Å². The lowest BCUT2D eigenvalue weighted by Crippen LogP contribution is -1.91. The molecule has 0 saturated heterocycles. The van der Waals surface area contributed by atoms with Gasteiger partial charge in [0, 0.05) is 26.2 Å². The number of benzene rings is 4.